The highest BCUT2D eigenvalue weighted by Crippen LogP contribution is 2.34. The number of carbonyl (C=O) groups is 3. The molecule has 2 heterocycles. The number of benzene rings is 3. The van der Waals surface area contributed by atoms with Crippen LogP contribution in [0.1, 0.15) is 16.7 Å². The lowest BCUT2D eigenvalue weighted by Crippen LogP contribution is -2.36. The molecule has 3 aromatic rings. The molecule has 9 heteroatoms. The monoisotopic (exact) mass is 502 g/mol. The molecule has 5 rings (SSSR count). The Morgan fingerprint density at radius 2 is 1.83 bits per heavy atom. The molecule has 1 fully saturated rings. The molecule has 0 bridgehead atoms. The first-order chi connectivity index (χ1) is 17.5. The van der Waals surface area contributed by atoms with E-state index in [-0.39, 0.29) is 18.2 Å². The molecule has 0 radical (unpaired) electrons. The van der Waals surface area contributed by atoms with Crippen molar-refractivity contribution in [2.45, 2.75) is 13.5 Å². The zero-order valence-corrected chi connectivity index (χ0v) is 20.2. The first kappa shape index (κ1) is 23.5. The van der Waals surface area contributed by atoms with Gasteiger partial charge in [0.25, 0.3) is 11.1 Å². The number of hydrogen-bond donors (Lipinski definition) is 1. The van der Waals surface area contributed by atoms with E-state index in [4.69, 9.17) is 14.2 Å². The molecule has 0 saturated carbocycles. The van der Waals surface area contributed by atoms with E-state index in [0.717, 1.165) is 39.1 Å². The van der Waals surface area contributed by atoms with E-state index in [1.807, 2.05) is 37.3 Å². The smallest absolute Gasteiger partial charge is 0.294 e. The van der Waals surface area contributed by atoms with E-state index in [9.17, 15) is 14.4 Å². The number of amides is 3. The molecule has 8 nitrogen and oxygen atoms in total. The Balaban J connectivity index is 1.18. The third-order valence-corrected chi connectivity index (χ3v) is 6.52. The van der Waals surface area contributed by atoms with Gasteiger partial charge in [-0.3, -0.25) is 19.3 Å². The molecule has 3 aromatic carbocycles. The van der Waals surface area contributed by atoms with Crippen LogP contribution in [0.5, 0.6) is 17.2 Å². The SMILES string of the molecule is Cc1ccccc1NC(=O)CN1C(=O)S/C(=C/c2ccc(OCc3ccc4c(c3)OCO4)cc2)C1=O. The van der Waals surface area contributed by atoms with Crippen molar-refractivity contribution < 1.29 is 28.6 Å². The van der Waals surface area contributed by atoms with Crippen LogP contribution in [0.3, 0.4) is 0 Å². The quantitative estimate of drug-likeness (QED) is 0.456. The summed E-state index contributed by atoms with van der Waals surface area (Å²) in [5.74, 6) is 1.16. The fourth-order valence-corrected chi connectivity index (χ4v) is 4.53. The summed E-state index contributed by atoms with van der Waals surface area (Å²) >= 11 is 0.815. The first-order valence-corrected chi connectivity index (χ1v) is 12.0. The summed E-state index contributed by atoms with van der Waals surface area (Å²) in [6.45, 7) is 2.11. The second kappa shape index (κ2) is 10.2. The van der Waals surface area contributed by atoms with Crippen molar-refractivity contribution in [1.29, 1.82) is 0 Å². The molecule has 0 aliphatic carbocycles. The Morgan fingerprint density at radius 1 is 1.06 bits per heavy atom. The van der Waals surface area contributed by atoms with Gasteiger partial charge in [-0.2, -0.15) is 0 Å². The molecule has 36 heavy (non-hydrogen) atoms. The molecular weight excluding hydrogens is 480 g/mol. The van der Waals surface area contributed by atoms with Crippen LogP contribution in [0, 0.1) is 6.92 Å². The van der Waals surface area contributed by atoms with Crippen molar-refractivity contribution in [3.63, 3.8) is 0 Å². The van der Waals surface area contributed by atoms with Crippen LogP contribution >= 0.6 is 11.8 Å². The molecule has 2 aliphatic heterocycles. The summed E-state index contributed by atoms with van der Waals surface area (Å²) in [5, 5.41) is 2.27. The van der Waals surface area contributed by atoms with Crippen LogP contribution in [-0.4, -0.2) is 35.3 Å². The van der Waals surface area contributed by atoms with Gasteiger partial charge in [0.1, 0.15) is 18.9 Å². The highest BCUT2D eigenvalue weighted by molar-refractivity contribution is 8.18. The summed E-state index contributed by atoms with van der Waals surface area (Å²) in [4.78, 5) is 38.8. The van der Waals surface area contributed by atoms with Crippen LogP contribution in [-0.2, 0) is 16.2 Å². The Hall–Kier alpha value is -4.24. The lowest BCUT2D eigenvalue weighted by molar-refractivity contribution is -0.127. The van der Waals surface area contributed by atoms with Gasteiger partial charge in [0.2, 0.25) is 12.7 Å². The van der Waals surface area contributed by atoms with Crippen molar-refractivity contribution in [1.82, 2.24) is 4.90 Å². The molecule has 1 N–H and O–H groups in total. The lowest BCUT2D eigenvalue weighted by atomic mass is 10.2. The highest BCUT2D eigenvalue weighted by Gasteiger charge is 2.36. The van der Waals surface area contributed by atoms with Gasteiger partial charge in [0.05, 0.1) is 4.91 Å². The summed E-state index contributed by atoms with van der Waals surface area (Å²) < 4.78 is 16.5. The summed E-state index contributed by atoms with van der Waals surface area (Å²) in [5.41, 5.74) is 3.22. The number of hydrogen-bond acceptors (Lipinski definition) is 7. The topological polar surface area (TPSA) is 94.2 Å². The fourth-order valence-electron chi connectivity index (χ4n) is 3.69. The van der Waals surface area contributed by atoms with Crippen molar-refractivity contribution in [2.75, 3.05) is 18.7 Å². The third kappa shape index (κ3) is 5.21. The summed E-state index contributed by atoms with van der Waals surface area (Å²) in [6, 6.07) is 20.1. The van der Waals surface area contributed by atoms with E-state index in [0.29, 0.717) is 23.8 Å². The maximum atomic E-state index is 12.8. The van der Waals surface area contributed by atoms with Gasteiger partial charge in [-0.15, -0.1) is 0 Å². The van der Waals surface area contributed by atoms with Gasteiger partial charge < -0.3 is 19.5 Å². The van der Waals surface area contributed by atoms with Gasteiger partial charge in [-0.1, -0.05) is 36.4 Å². The molecule has 182 valence electrons. The first-order valence-electron chi connectivity index (χ1n) is 11.2. The number of imide groups is 1. The maximum Gasteiger partial charge on any atom is 0.294 e. The predicted octanol–water partition coefficient (Wildman–Crippen LogP) is 4.98. The summed E-state index contributed by atoms with van der Waals surface area (Å²) in [7, 11) is 0. The van der Waals surface area contributed by atoms with E-state index in [1.165, 1.54) is 0 Å². The van der Waals surface area contributed by atoms with Gasteiger partial charge in [0, 0.05) is 5.69 Å². The third-order valence-electron chi connectivity index (χ3n) is 5.61. The lowest BCUT2D eigenvalue weighted by Gasteiger charge is -2.13. The number of aryl methyl sites for hydroxylation is 1. The Kier molecular flexibility index (Phi) is 6.64. The Bertz CT molecular complexity index is 1370. The molecular formula is C27H22N2O6S. The Morgan fingerprint density at radius 3 is 2.64 bits per heavy atom. The molecule has 0 unspecified atom stereocenters. The van der Waals surface area contributed by atoms with Crippen molar-refractivity contribution in [2.24, 2.45) is 0 Å². The minimum Gasteiger partial charge on any atom is -0.489 e. The number of fused-ring (bicyclic) bond motifs is 1. The van der Waals surface area contributed by atoms with Gasteiger partial charge in [0.15, 0.2) is 11.5 Å². The predicted molar refractivity (Wildman–Crippen MR) is 136 cm³/mol. The largest absolute Gasteiger partial charge is 0.489 e. The second-order valence-electron chi connectivity index (χ2n) is 8.18. The molecule has 0 spiro atoms. The average molecular weight is 503 g/mol. The molecule has 0 atom stereocenters. The molecule has 0 aromatic heterocycles. The second-order valence-corrected chi connectivity index (χ2v) is 9.17. The van der Waals surface area contributed by atoms with Gasteiger partial charge in [-0.25, -0.2) is 0 Å². The number of rotatable bonds is 7. The van der Waals surface area contributed by atoms with Crippen LogP contribution in [0.25, 0.3) is 6.08 Å². The van der Waals surface area contributed by atoms with Crippen LogP contribution in [0.15, 0.2) is 71.6 Å². The number of nitrogens with one attached hydrogen (secondary N) is 1. The molecule has 2 aliphatic rings. The van der Waals surface area contributed by atoms with Gasteiger partial charge >= 0.3 is 0 Å². The molecule has 3 amide bonds. The zero-order valence-electron chi connectivity index (χ0n) is 19.4. The number of ether oxygens (including phenoxy) is 3. The number of nitrogens with zero attached hydrogens (tertiary/aromatic N) is 1. The maximum absolute atomic E-state index is 12.8. The van der Waals surface area contributed by atoms with E-state index < -0.39 is 17.1 Å². The zero-order chi connectivity index (χ0) is 25.1. The van der Waals surface area contributed by atoms with Gasteiger partial charge in [-0.05, 0) is 71.8 Å². The fraction of sp³-hybridized carbons (Fsp3) is 0.148. The average Bonchev–Trinajstić information content (AvgIpc) is 3.44. The van der Waals surface area contributed by atoms with Crippen molar-refractivity contribution >= 4 is 40.6 Å². The number of anilines is 1. The highest BCUT2D eigenvalue weighted by atomic mass is 32.2. The summed E-state index contributed by atoms with van der Waals surface area (Å²) in [6.07, 6.45) is 1.63. The normalized spacial score (nSPS) is 15.5. The van der Waals surface area contributed by atoms with Crippen LogP contribution < -0.4 is 19.5 Å². The van der Waals surface area contributed by atoms with Crippen molar-refractivity contribution in [3.8, 4) is 17.2 Å². The van der Waals surface area contributed by atoms with E-state index in [2.05, 4.69) is 5.32 Å². The van der Waals surface area contributed by atoms with E-state index in [1.54, 1.807) is 42.5 Å². The minimum absolute atomic E-state index is 0.224. The number of carbonyl (C=O) groups excluding carboxylic acids is 3. The molecule has 1 saturated heterocycles. The number of para-hydroxylation sites is 1. The standard InChI is InChI=1S/C27H22N2O6S/c1-17-4-2-3-5-21(17)28-25(30)14-29-26(31)24(36-27(29)32)13-18-6-9-20(10-7-18)33-15-19-8-11-22-23(12-19)35-16-34-22/h2-13H,14-16H2,1H3,(H,28,30)/b24-13+. The van der Waals surface area contributed by atoms with Crippen LogP contribution in [0.2, 0.25) is 0 Å². The van der Waals surface area contributed by atoms with E-state index >= 15 is 0 Å². The minimum atomic E-state index is -0.493. The number of thioether (sulfide) groups is 1. The Labute approximate surface area is 211 Å². The van der Waals surface area contributed by atoms with Crippen LogP contribution in [0.4, 0.5) is 10.5 Å². The van der Waals surface area contributed by atoms with Crippen molar-refractivity contribution in [3.05, 3.63) is 88.3 Å².